The minimum absolute atomic E-state index is 0.0409. The molecule has 0 aliphatic heterocycles. The molecule has 1 heterocycles. The predicted molar refractivity (Wildman–Crippen MR) is 45.4 cm³/mol. The van der Waals surface area contributed by atoms with Crippen LogP contribution in [0, 0.1) is 0 Å². The van der Waals surface area contributed by atoms with E-state index < -0.39 is 5.97 Å². The minimum Gasteiger partial charge on any atom is -0.480 e. The van der Waals surface area contributed by atoms with Gasteiger partial charge in [-0.15, -0.1) is 0 Å². The molecule has 1 aliphatic carbocycles. The average molecular weight is 197 g/mol. The third-order valence-corrected chi connectivity index (χ3v) is 2.15. The summed E-state index contributed by atoms with van der Waals surface area (Å²) in [5.41, 5.74) is 0. The number of rotatable bonds is 5. The van der Waals surface area contributed by atoms with Crippen LogP contribution < -0.4 is 0 Å². The van der Waals surface area contributed by atoms with Gasteiger partial charge in [0.25, 0.3) is 0 Å². The fourth-order valence-electron chi connectivity index (χ4n) is 1.37. The van der Waals surface area contributed by atoms with E-state index in [1.807, 2.05) is 4.90 Å². The second-order valence-electron chi connectivity index (χ2n) is 3.38. The molecule has 0 unspecified atom stereocenters. The summed E-state index contributed by atoms with van der Waals surface area (Å²) in [5, 5.41) is 12.3. The fraction of sp³-hybridized carbons (Fsp3) is 0.625. The highest BCUT2D eigenvalue weighted by atomic mass is 16.5. The number of hydrogen-bond acceptors (Lipinski definition) is 5. The Morgan fingerprint density at radius 1 is 1.71 bits per heavy atom. The van der Waals surface area contributed by atoms with Gasteiger partial charge in [0.15, 0.2) is 5.82 Å². The summed E-state index contributed by atoms with van der Waals surface area (Å²) in [6.45, 7) is 0.493. The zero-order valence-electron chi connectivity index (χ0n) is 7.59. The topological polar surface area (TPSA) is 79.5 Å². The molecule has 1 N–H and O–H groups in total. The van der Waals surface area contributed by atoms with E-state index in [0.717, 1.165) is 12.8 Å². The molecule has 0 atom stereocenters. The van der Waals surface area contributed by atoms with Crippen LogP contribution in [0.2, 0.25) is 0 Å². The Bertz CT molecular complexity index is 308. The Kier molecular flexibility index (Phi) is 2.45. The van der Waals surface area contributed by atoms with E-state index in [2.05, 4.69) is 14.7 Å². The highest BCUT2D eigenvalue weighted by molar-refractivity contribution is 5.69. The van der Waals surface area contributed by atoms with Crippen molar-refractivity contribution in [1.29, 1.82) is 0 Å². The first-order valence-corrected chi connectivity index (χ1v) is 4.47. The highest BCUT2D eigenvalue weighted by Gasteiger charge is 2.30. The number of carbonyl (C=O) groups is 1. The lowest BCUT2D eigenvalue weighted by molar-refractivity contribution is -0.138. The smallest absolute Gasteiger partial charge is 0.317 e. The third-order valence-electron chi connectivity index (χ3n) is 2.15. The van der Waals surface area contributed by atoms with Crippen molar-refractivity contribution in [2.24, 2.45) is 0 Å². The minimum atomic E-state index is -0.819. The van der Waals surface area contributed by atoms with Crippen LogP contribution in [0.1, 0.15) is 18.7 Å². The van der Waals surface area contributed by atoms with Gasteiger partial charge < -0.3 is 9.63 Å². The number of aliphatic carboxylic acids is 1. The third kappa shape index (κ3) is 2.29. The molecule has 0 spiro atoms. The Labute approximate surface area is 80.5 Å². The first kappa shape index (κ1) is 9.14. The Morgan fingerprint density at radius 2 is 2.50 bits per heavy atom. The van der Waals surface area contributed by atoms with Gasteiger partial charge in [-0.25, -0.2) is 0 Å². The van der Waals surface area contributed by atoms with Gasteiger partial charge in [0, 0.05) is 6.04 Å². The molecular formula is C8H11N3O3. The molecule has 1 aromatic heterocycles. The maximum absolute atomic E-state index is 10.6. The second kappa shape index (κ2) is 3.75. The summed E-state index contributed by atoms with van der Waals surface area (Å²) in [4.78, 5) is 16.3. The molecule has 0 aromatic carbocycles. The molecule has 1 aliphatic rings. The van der Waals surface area contributed by atoms with Crippen LogP contribution in [-0.2, 0) is 11.3 Å². The molecular weight excluding hydrogens is 186 g/mol. The molecule has 76 valence electrons. The van der Waals surface area contributed by atoms with Crippen molar-refractivity contribution < 1.29 is 14.4 Å². The van der Waals surface area contributed by atoms with Crippen molar-refractivity contribution >= 4 is 5.97 Å². The van der Waals surface area contributed by atoms with Gasteiger partial charge in [0.1, 0.15) is 0 Å². The van der Waals surface area contributed by atoms with Crippen LogP contribution in [-0.4, -0.2) is 38.7 Å². The van der Waals surface area contributed by atoms with Crippen LogP contribution in [0.5, 0.6) is 0 Å². The molecule has 0 radical (unpaired) electrons. The number of hydrogen-bond donors (Lipinski definition) is 1. The number of aromatic nitrogens is 2. The SMILES string of the molecule is O=C(O)CN(Cc1ncon1)C1CC1. The predicted octanol–water partition coefficient (Wildman–Crippen LogP) is 0.119. The molecule has 1 aromatic rings. The van der Waals surface area contributed by atoms with Crippen molar-refractivity contribution in [2.45, 2.75) is 25.4 Å². The van der Waals surface area contributed by atoms with Crippen LogP contribution in [0.25, 0.3) is 0 Å². The summed E-state index contributed by atoms with van der Waals surface area (Å²) < 4.78 is 4.59. The van der Waals surface area contributed by atoms with E-state index in [9.17, 15) is 4.79 Å². The van der Waals surface area contributed by atoms with Crippen molar-refractivity contribution in [3.8, 4) is 0 Å². The molecule has 2 rings (SSSR count). The Morgan fingerprint density at radius 3 is 3.00 bits per heavy atom. The molecule has 1 saturated carbocycles. The molecule has 6 nitrogen and oxygen atoms in total. The largest absolute Gasteiger partial charge is 0.480 e. The van der Waals surface area contributed by atoms with Gasteiger partial charge in [0.05, 0.1) is 13.1 Å². The second-order valence-corrected chi connectivity index (χ2v) is 3.38. The highest BCUT2D eigenvalue weighted by Crippen LogP contribution is 2.27. The lowest BCUT2D eigenvalue weighted by Gasteiger charge is -2.16. The average Bonchev–Trinajstić information content (AvgIpc) is 2.85. The number of carboxylic acids is 1. The van der Waals surface area contributed by atoms with Gasteiger partial charge in [0.2, 0.25) is 6.39 Å². The summed E-state index contributed by atoms with van der Waals surface area (Å²) in [6, 6.07) is 0.379. The fourth-order valence-corrected chi connectivity index (χ4v) is 1.37. The Balaban J connectivity index is 1.93. The van der Waals surface area contributed by atoms with Gasteiger partial charge >= 0.3 is 5.97 Å². The van der Waals surface area contributed by atoms with Crippen molar-refractivity contribution in [3.05, 3.63) is 12.2 Å². The van der Waals surface area contributed by atoms with E-state index in [0.29, 0.717) is 18.4 Å². The van der Waals surface area contributed by atoms with Crippen LogP contribution in [0.3, 0.4) is 0 Å². The van der Waals surface area contributed by atoms with Gasteiger partial charge in [-0.1, -0.05) is 5.16 Å². The van der Waals surface area contributed by atoms with E-state index in [4.69, 9.17) is 5.11 Å². The van der Waals surface area contributed by atoms with E-state index >= 15 is 0 Å². The maximum atomic E-state index is 10.6. The first-order valence-electron chi connectivity index (χ1n) is 4.47. The summed E-state index contributed by atoms with van der Waals surface area (Å²) >= 11 is 0. The summed E-state index contributed by atoms with van der Waals surface area (Å²) in [5.74, 6) is -0.279. The monoisotopic (exact) mass is 197 g/mol. The lowest BCUT2D eigenvalue weighted by Crippen LogP contribution is -2.31. The van der Waals surface area contributed by atoms with E-state index in [1.165, 1.54) is 6.39 Å². The molecule has 0 saturated heterocycles. The zero-order chi connectivity index (χ0) is 9.97. The molecule has 0 amide bonds. The van der Waals surface area contributed by atoms with Crippen molar-refractivity contribution in [1.82, 2.24) is 15.0 Å². The van der Waals surface area contributed by atoms with Crippen LogP contribution >= 0.6 is 0 Å². The maximum Gasteiger partial charge on any atom is 0.317 e. The molecule has 1 fully saturated rings. The summed E-state index contributed by atoms with van der Waals surface area (Å²) in [6.07, 6.45) is 3.37. The van der Waals surface area contributed by atoms with Crippen molar-refractivity contribution in [2.75, 3.05) is 6.54 Å². The molecule has 0 bridgehead atoms. The van der Waals surface area contributed by atoms with Crippen LogP contribution in [0.15, 0.2) is 10.9 Å². The van der Waals surface area contributed by atoms with Gasteiger partial charge in [-0.2, -0.15) is 4.98 Å². The normalized spacial score (nSPS) is 16.1. The van der Waals surface area contributed by atoms with Gasteiger partial charge in [-0.05, 0) is 12.8 Å². The summed E-state index contributed by atoms with van der Waals surface area (Å²) in [7, 11) is 0. The number of carboxylic acid groups (broad SMARTS) is 1. The van der Waals surface area contributed by atoms with E-state index in [-0.39, 0.29) is 6.54 Å². The number of nitrogens with zero attached hydrogens (tertiary/aromatic N) is 3. The standard InChI is InChI=1S/C8H11N3O3/c12-8(13)4-11(6-1-2-6)3-7-9-5-14-10-7/h5-6H,1-4H2,(H,12,13). The lowest BCUT2D eigenvalue weighted by atomic mass is 10.4. The van der Waals surface area contributed by atoms with Crippen molar-refractivity contribution in [3.63, 3.8) is 0 Å². The van der Waals surface area contributed by atoms with Gasteiger partial charge in [-0.3, -0.25) is 9.69 Å². The zero-order valence-corrected chi connectivity index (χ0v) is 7.59. The van der Waals surface area contributed by atoms with Crippen LogP contribution in [0.4, 0.5) is 0 Å². The molecule has 6 heteroatoms. The Hall–Kier alpha value is -1.43. The first-order chi connectivity index (χ1) is 6.75. The quantitative estimate of drug-likeness (QED) is 0.722. The van der Waals surface area contributed by atoms with E-state index in [1.54, 1.807) is 0 Å². The molecule has 14 heavy (non-hydrogen) atoms.